The van der Waals surface area contributed by atoms with E-state index >= 15 is 0 Å². The first-order chi connectivity index (χ1) is 10.4. The third-order valence-corrected chi connectivity index (χ3v) is 4.68. The van der Waals surface area contributed by atoms with Crippen molar-refractivity contribution in [3.8, 4) is 0 Å². The second-order valence-corrected chi connectivity index (χ2v) is 6.21. The van der Waals surface area contributed by atoms with Crippen LogP contribution in [-0.2, 0) is 9.47 Å². The van der Waals surface area contributed by atoms with Crippen molar-refractivity contribution < 1.29 is 9.47 Å². The van der Waals surface area contributed by atoms with Crippen LogP contribution >= 0.6 is 0 Å². The number of ether oxygens (including phenoxy) is 2. The second-order valence-electron chi connectivity index (χ2n) is 6.21. The minimum Gasteiger partial charge on any atom is -0.350 e. The van der Waals surface area contributed by atoms with Crippen molar-refractivity contribution in [3.05, 3.63) is 35.4 Å². The van der Waals surface area contributed by atoms with Gasteiger partial charge in [0.1, 0.15) is 0 Å². The fourth-order valence-corrected chi connectivity index (χ4v) is 3.13. The van der Waals surface area contributed by atoms with E-state index in [0.29, 0.717) is 6.04 Å². The molecule has 3 rings (SSSR count). The molecule has 1 unspecified atom stereocenters. The van der Waals surface area contributed by atoms with Gasteiger partial charge in [0, 0.05) is 12.5 Å². The highest BCUT2D eigenvalue weighted by Crippen LogP contribution is 2.36. The summed E-state index contributed by atoms with van der Waals surface area (Å²) in [5.74, 6) is 0.808. The van der Waals surface area contributed by atoms with E-state index in [9.17, 15) is 0 Å². The van der Waals surface area contributed by atoms with E-state index in [1.54, 1.807) is 0 Å². The Kier molecular flexibility index (Phi) is 5.28. The lowest BCUT2D eigenvalue weighted by atomic mass is 9.80. The van der Waals surface area contributed by atoms with Crippen LogP contribution in [0.1, 0.15) is 62.1 Å². The van der Waals surface area contributed by atoms with Crippen molar-refractivity contribution in [1.29, 1.82) is 0 Å². The summed E-state index contributed by atoms with van der Waals surface area (Å²) in [6.45, 7) is 4.69. The molecule has 1 aromatic carbocycles. The van der Waals surface area contributed by atoms with Gasteiger partial charge >= 0.3 is 0 Å². The Bertz CT molecular complexity index is 421. The van der Waals surface area contributed by atoms with Crippen LogP contribution in [0, 0.1) is 0 Å². The number of hydrogen-bond donors (Lipinski definition) is 1. The van der Waals surface area contributed by atoms with E-state index in [0.717, 1.165) is 38.5 Å². The Labute approximate surface area is 128 Å². The van der Waals surface area contributed by atoms with Crippen LogP contribution in [0.5, 0.6) is 0 Å². The third-order valence-electron chi connectivity index (χ3n) is 4.68. The summed E-state index contributed by atoms with van der Waals surface area (Å²) in [6, 6.07) is 9.53. The van der Waals surface area contributed by atoms with Crippen molar-refractivity contribution in [2.24, 2.45) is 0 Å². The summed E-state index contributed by atoms with van der Waals surface area (Å²) in [7, 11) is 0. The summed E-state index contributed by atoms with van der Waals surface area (Å²) in [5, 5.41) is 3.63. The van der Waals surface area contributed by atoms with Gasteiger partial charge < -0.3 is 14.8 Å². The van der Waals surface area contributed by atoms with E-state index in [2.05, 4.69) is 36.5 Å². The van der Waals surface area contributed by atoms with Crippen LogP contribution in [0.25, 0.3) is 0 Å². The van der Waals surface area contributed by atoms with Gasteiger partial charge in [0.15, 0.2) is 6.29 Å². The molecule has 0 aromatic heterocycles. The summed E-state index contributed by atoms with van der Waals surface area (Å²) in [6.07, 6.45) is 6.10. The highest BCUT2D eigenvalue weighted by atomic mass is 16.7. The minimum atomic E-state index is -0.0503. The molecule has 116 valence electrons. The van der Waals surface area contributed by atoms with Crippen LogP contribution in [0.2, 0.25) is 0 Å². The zero-order valence-corrected chi connectivity index (χ0v) is 13.0. The number of benzene rings is 1. The Morgan fingerprint density at radius 2 is 1.86 bits per heavy atom. The van der Waals surface area contributed by atoms with Gasteiger partial charge in [-0.05, 0) is 42.9 Å². The number of nitrogens with one attached hydrogen (secondary N) is 1. The smallest absolute Gasteiger partial charge is 0.159 e. The maximum Gasteiger partial charge on any atom is 0.159 e. The third kappa shape index (κ3) is 3.85. The van der Waals surface area contributed by atoms with Crippen molar-refractivity contribution >= 4 is 0 Å². The Morgan fingerprint density at radius 3 is 2.43 bits per heavy atom. The molecule has 1 heterocycles. The normalized spacial score (nSPS) is 21.4. The molecule has 1 aliphatic carbocycles. The van der Waals surface area contributed by atoms with Crippen molar-refractivity contribution in [3.63, 3.8) is 0 Å². The quantitative estimate of drug-likeness (QED) is 0.829. The molecule has 1 atom stereocenters. The van der Waals surface area contributed by atoms with Crippen LogP contribution < -0.4 is 5.32 Å². The average Bonchev–Trinajstić information content (AvgIpc) is 2.95. The number of hydrogen-bond acceptors (Lipinski definition) is 3. The molecule has 0 radical (unpaired) electrons. The molecule has 2 fully saturated rings. The lowest BCUT2D eigenvalue weighted by Gasteiger charge is -2.27. The highest BCUT2D eigenvalue weighted by molar-refractivity contribution is 5.28. The van der Waals surface area contributed by atoms with Gasteiger partial charge in [0.25, 0.3) is 0 Å². The van der Waals surface area contributed by atoms with Gasteiger partial charge in [-0.2, -0.15) is 0 Å². The monoisotopic (exact) mass is 289 g/mol. The van der Waals surface area contributed by atoms with Crippen molar-refractivity contribution in [2.45, 2.75) is 57.3 Å². The van der Waals surface area contributed by atoms with Gasteiger partial charge in [-0.3, -0.25) is 0 Å². The summed E-state index contributed by atoms with van der Waals surface area (Å²) in [4.78, 5) is 0. The largest absolute Gasteiger partial charge is 0.350 e. The topological polar surface area (TPSA) is 30.5 Å². The average molecular weight is 289 g/mol. The van der Waals surface area contributed by atoms with Gasteiger partial charge in [-0.25, -0.2) is 0 Å². The van der Waals surface area contributed by atoms with Gasteiger partial charge in [-0.15, -0.1) is 0 Å². The maximum absolute atomic E-state index is 5.61. The summed E-state index contributed by atoms with van der Waals surface area (Å²) < 4.78 is 11.2. The lowest BCUT2D eigenvalue weighted by molar-refractivity contribution is -0.0530. The molecule has 1 aromatic rings. The van der Waals surface area contributed by atoms with E-state index in [4.69, 9.17) is 9.47 Å². The zero-order valence-electron chi connectivity index (χ0n) is 13.0. The van der Waals surface area contributed by atoms with Crippen molar-refractivity contribution in [2.75, 3.05) is 19.8 Å². The van der Waals surface area contributed by atoms with Gasteiger partial charge in [0.05, 0.1) is 13.2 Å². The predicted octanol–water partition coefficient (Wildman–Crippen LogP) is 3.76. The van der Waals surface area contributed by atoms with Crippen LogP contribution in [0.3, 0.4) is 0 Å². The molecule has 2 aliphatic rings. The molecule has 21 heavy (non-hydrogen) atoms. The van der Waals surface area contributed by atoms with Crippen molar-refractivity contribution in [1.82, 2.24) is 5.32 Å². The lowest BCUT2D eigenvalue weighted by Crippen LogP contribution is -2.26. The number of rotatable bonds is 7. The molecular formula is C18H27NO2. The maximum atomic E-state index is 5.61. The summed E-state index contributed by atoms with van der Waals surface area (Å²) in [5.41, 5.74) is 2.86. The van der Waals surface area contributed by atoms with Crippen LogP contribution in [0.4, 0.5) is 0 Å². The molecule has 0 amide bonds. The van der Waals surface area contributed by atoms with E-state index in [1.165, 1.54) is 30.4 Å². The first kappa shape index (κ1) is 15.0. The van der Waals surface area contributed by atoms with Gasteiger partial charge in [-0.1, -0.05) is 37.6 Å². The zero-order chi connectivity index (χ0) is 14.5. The molecule has 1 aliphatic heterocycles. The molecule has 3 nitrogen and oxygen atoms in total. The Hall–Kier alpha value is -0.900. The predicted molar refractivity (Wildman–Crippen MR) is 84.4 cm³/mol. The highest BCUT2D eigenvalue weighted by Gasteiger charge is 2.23. The molecule has 1 N–H and O–H groups in total. The fourth-order valence-electron chi connectivity index (χ4n) is 3.13. The molecular weight excluding hydrogens is 262 g/mol. The van der Waals surface area contributed by atoms with E-state index in [1.807, 2.05) is 0 Å². The van der Waals surface area contributed by atoms with Gasteiger partial charge in [0.2, 0.25) is 0 Å². The van der Waals surface area contributed by atoms with E-state index < -0.39 is 0 Å². The molecule has 1 saturated heterocycles. The molecule has 0 bridgehead atoms. The Balaban J connectivity index is 1.65. The fraction of sp³-hybridized carbons (Fsp3) is 0.667. The SMILES string of the molecule is CCCNC(CC1OCCO1)c1ccc(C2CCC2)cc1. The van der Waals surface area contributed by atoms with Crippen LogP contribution in [-0.4, -0.2) is 26.0 Å². The minimum absolute atomic E-state index is 0.0503. The van der Waals surface area contributed by atoms with Crippen LogP contribution in [0.15, 0.2) is 24.3 Å². The first-order valence-electron chi connectivity index (χ1n) is 8.43. The van der Waals surface area contributed by atoms with E-state index in [-0.39, 0.29) is 6.29 Å². The summed E-state index contributed by atoms with van der Waals surface area (Å²) >= 11 is 0. The Morgan fingerprint density at radius 1 is 1.14 bits per heavy atom. The molecule has 3 heteroatoms. The molecule has 1 saturated carbocycles. The molecule has 0 spiro atoms. The first-order valence-corrected chi connectivity index (χ1v) is 8.43. The standard InChI is InChI=1S/C18H27NO2/c1-2-10-19-17(13-18-20-11-12-21-18)16-8-6-15(7-9-16)14-4-3-5-14/h6-9,14,17-19H,2-5,10-13H2,1H3. The second kappa shape index (κ2) is 7.39.